The van der Waals surface area contributed by atoms with Gasteiger partial charge in [0.25, 0.3) is 0 Å². The van der Waals surface area contributed by atoms with Crippen LogP contribution in [0.1, 0.15) is 5.56 Å². The van der Waals surface area contributed by atoms with Gasteiger partial charge in [0.2, 0.25) is 0 Å². The topological polar surface area (TPSA) is 22.8 Å². The SMILES string of the molecule is Cc1ccc(-c2cccc(-c3cccc(-n4c5ccccc5c5ccc(-c6ccc7c(c6)c6ccccc6n7-c6ccccc6)cc54)c3)n2)cc1. The molecule has 0 aliphatic carbocycles. The Morgan fingerprint density at radius 2 is 0.882 bits per heavy atom. The van der Waals surface area contributed by atoms with Crippen LogP contribution in [0.2, 0.25) is 0 Å². The van der Waals surface area contributed by atoms with E-state index in [1.807, 2.05) is 0 Å². The summed E-state index contributed by atoms with van der Waals surface area (Å²) >= 11 is 0. The van der Waals surface area contributed by atoms with Gasteiger partial charge in [-0.25, -0.2) is 4.98 Å². The molecule has 0 saturated carbocycles. The first-order chi connectivity index (χ1) is 25.2. The van der Waals surface area contributed by atoms with Crippen LogP contribution in [0.3, 0.4) is 0 Å². The van der Waals surface area contributed by atoms with Gasteiger partial charge >= 0.3 is 0 Å². The van der Waals surface area contributed by atoms with E-state index in [1.165, 1.54) is 66.0 Å². The second-order valence-electron chi connectivity index (χ2n) is 13.3. The van der Waals surface area contributed by atoms with Gasteiger partial charge in [-0.3, -0.25) is 0 Å². The maximum Gasteiger partial charge on any atom is 0.0710 e. The third-order valence-corrected chi connectivity index (χ3v) is 10.2. The summed E-state index contributed by atoms with van der Waals surface area (Å²) in [6, 6.07) is 65.5. The van der Waals surface area contributed by atoms with Gasteiger partial charge in [-0.05, 0) is 84.8 Å². The Labute approximate surface area is 296 Å². The van der Waals surface area contributed by atoms with Crippen molar-refractivity contribution in [2.24, 2.45) is 0 Å². The van der Waals surface area contributed by atoms with E-state index in [4.69, 9.17) is 4.98 Å². The average Bonchev–Trinajstić information content (AvgIpc) is 3.71. The number of rotatable bonds is 5. The molecule has 3 heteroatoms. The van der Waals surface area contributed by atoms with Crippen molar-refractivity contribution in [1.29, 1.82) is 0 Å². The van der Waals surface area contributed by atoms with Crippen molar-refractivity contribution in [1.82, 2.24) is 14.1 Å². The third kappa shape index (κ3) is 4.86. The number of hydrogen-bond acceptors (Lipinski definition) is 1. The molecular formula is C48H33N3. The molecule has 0 N–H and O–H groups in total. The molecule has 240 valence electrons. The first-order valence-corrected chi connectivity index (χ1v) is 17.5. The van der Waals surface area contributed by atoms with Gasteiger partial charge in [0, 0.05) is 44.0 Å². The fraction of sp³-hybridized carbons (Fsp3) is 0.0208. The molecule has 3 nitrogen and oxygen atoms in total. The van der Waals surface area contributed by atoms with Crippen molar-refractivity contribution in [2.75, 3.05) is 0 Å². The molecule has 0 aliphatic heterocycles. The number of pyridine rings is 1. The summed E-state index contributed by atoms with van der Waals surface area (Å²) in [5, 5.41) is 4.98. The lowest BCUT2D eigenvalue weighted by atomic mass is 10.0. The van der Waals surface area contributed by atoms with Crippen LogP contribution in [0.4, 0.5) is 0 Å². The molecule has 7 aromatic carbocycles. The normalized spacial score (nSPS) is 11.6. The maximum absolute atomic E-state index is 5.10. The van der Waals surface area contributed by atoms with Gasteiger partial charge < -0.3 is 9.13 Å². The Morgan fingerprint density at radius 1 is 0.333 bits per heavy atom. The van der Waals surface area contributed by atoms with Crippen molar-refractivity contribution in [3.63, 3.8) is 0 Å². The molecule has 3 heterocycles. The first kappa shape index (κ1) is 29.2. The van der Waals surface area contributed by atoms with Crippen molar-refractivity contribution >= 4 is 43.6 Å². The number of hydrogen-bond donors (Lipinski definition) is 0. The fourth-order valence-electron chi connectivity index (χ4n) is 7.72. The van der Waals surface area contributed by atoms with Gasteiger partial charge in [0.1, 0.15) is 0 Å². The van der Waals surface area contributed by atoms with Crippen molar-refractivity contribution in [2.45, 2.75) is 6.92 Å². The van der Waals surface area contributed by atoms with Gasteiger partial charge in [-0.2, -0.15) is 0 Å². The van der Waals surface area contributed by atoms with Gasteiger partial charge in [-0.15, -0.1) is 0 Å². The highest BCUT2D eigenvalue weighted by molar-refractivity contribution is 6.12. The van der Waals surface area contributed by atoms with E-state index in [1.54, 1.807) is 0 Å². The molecule has 0 unspecified atom stereocenters. The predicted octanol–water partition coefficient (Wildman–Crippen LogP) is 12.6. The summed E-state index contributed by atoms with van der Waals surface area (Å²) < 4.78 is 4.77. The number of fused-ring (bicyclic) bond motifs is 6. The number of nitrogens with zero attached hydrogens (tertiary/aromatic N) is 3. The van der Waals surface area contributed by atoms with E-state index >= 15 is 0 Å². The largest absolute Gasteiger partial charge is 0.309 e. The second kappa shape index (κ2) is 11.7. The lowest BCUT2D eigenvalue weighted by molar-refractivity contribution is 1.18. The molecular weight excluding hydrogens is 619 g/mol. The predicted molar refractivity (Wildman–Crippen MR) is 214 cm³/mol. The average molecular weight is 652 g/mol. The molecule has 0 spiro atoms. The summed E-state index contributed by atoms with van der Waals surface area (Å²) in [6.45, 7) is 2.11. The van der Waals surface area contributed by atoms with E-state index in [0.29, 0.717) is 0 Å². The number of aryl methyl sites for hydroxylation is 1. The highest BCUT2D eigenvalue weighted by atomic mass is 15.0. The standard InChI is InChI=1S/C48H33N3/c1-32-21-23-33(24-22-32)43-17-10-18-44(49-43)36-11-9-14-38(29-36)51-45-19-7-5-15-39(45)41-27-25-35(31-48(41)51)34-26-28-47-42(30-34)40-16-6-8-20-46(40)50(47)37-12-3-2-4-13-37/h2-31H,1H3. The van der Waals surface area contributed by atoms with Crippen LogP contribution >= 0.6 is 0 Å². The smallest absolute Gasteiger partial charge is 0.0710 e. The Kier molecular flexibility index (Phi) is 6.71. The lowest BCUT2D eigenvalue weighted by Crippen LogP contribution is -1.95. The van der Waals surface area contributed by atoms with Gasteiger partial charge in [-0.1, -0.05) is 121 Å². The Bertz CT molecular complexity index is 2910. The number of para-hydroxylation sites is 3. The zero-order chi connectivity index (χ0) is 33.9. The molecule has 0 radical (unpaired) electrons. The molecule has 0 amide bonds. The minimum absolute atomic E-state index is 0.958. The highest BCUT2D eigenvalue weighted by Gasteiger charge is 2.16. The quantitative estimate of drug-likeness (QED) is 0.182. The molecule has 0 saturated heterocycles. The monoisotopic (exact) mass is 651 g/mol. The van der Waals surface area contributed by atoms with Crippen LogP contribution in [0.5, 0.6) is 0 Å². The first-order valence-electron chi connectivity index (χ1n) is 17.5. The van der Waals surface area contributed by atoms with Crippen molar-refractivity contribution in [3.05, 3.63) is 188 Å². The van der Waals surface area contributed by atoms with E-state index < -0.39 is 0 Å². The Balaban J connectivity index is 1.12. The second-order valence-corrected chi connectivity index (χ2v) is 13.3. The fourth-order valence-corrected chi connectivity index (χ4v) is 7.72. The van der Waals surface area contributed by atoms with Crippen LogP contribution in [0.15, 0.2) is 182 Å². The summed E-state index contributed by atoms with van der Waals surface area (Å²) in [7, 11) is 0. The molecule has 0 aliphatic rings. The zero-order valence-electron chi connectivity index (χ0n) is 28.2. The van der Waals surface area contributed by atoms with Crippen LogP contribution < -0.4 is 0 Å². The summed E-state index contributed by atoms with van der Waals surface area (Å²) in [6.07, 6.45) is 0. The minimum Gasteiger partial charge on any atom is -0.309 e. The third-order valence-electron chi connectivity index (χ3n) is 10.2. The zero-order valence-corrected chi connectivity index (χ0v) is 28.2. The summed E-state index contributed by atoms with van der Waals surface area (Å²) in [5.74, 6) is 0. The summed E-state index contributed by atoms with van der Waals surface area (Å²) in [5.41, 5.74) is 14.8. The van der Waals surface area contributed by atoms with E-state index in [9.17, 15) is 0 Å². The minimum atomic E-state index is 0.958. The molecule has 0 fully saturated rings. The molecule has 0 bridgehead atoms. The van der Waals surface area contributed by atoms with Gasteiger partial charge in [0.05, 0.1) is 33.5 Å². The van der Waals surface area contributed by atoms with Crippen molar-refractivity contribution < 1.29 is 0 Å². The van der Waals surface area contributed by atoms with Crippen LogP contribution in [-0.4, -0.2) is 14.1 Å². The molecule has 3 aromatic heterocycles. The summed E-state index contributed by atoms with van der Waals surface area (Å²) in [4.78, 5) is 5.10. The van der Waals surface area contributed by atoms with Gasteiger partial charge in [0.15, 0.2) is 0 Å². The highest BCUT2D eigenvalue weighted by Crippen LogP contribution is 2.38. The molecule has 0 atom stereocenters. The molecule has 51 heavy (non-hydrogen) atoms. The van der Waals surface area contributed by atoms with E-state index in [2.05, 4.69) is 198 Å². The Hall–Kier alpha value is -6.71. The lowest BCUT2D eigenvalue weighted by Gasteiger charge is -2.12. The van der Waals surface area contributed by atoms with Crippen LogP contribution in [0, 0.1) is 6.92 Å². The van der Waals surface area contributed by atoms with E-state index in [-0.39, 0.29) is 0 Å². The number of aromatic nitrogens is 3. The maximum atomic E-state index is 5.10. The molecule has 10 rings (SSSR count). The van der Waals surface area contributed by atoms with Crippen molar-refractivity contribution in [3.8, 4) is 45.0 Å². The van der Waals surface area contributed by atoms with E-state index in [0.717, 1.165) is 28.2 Å². The molecule has 10 aromatic rings. The van der Waals surface area contributed by atoms with Crippen LogP contribution in [0.25, 0.3) is 88.6 Å². The van der Waals surface area contributed by atoms with Crippen LogP contribution in [-0.2, 0) is 0 Å². The number of benzene rings is 7. The Morgan fingerprint density at radius 3 is 1.67 bits per heavy atom.